The molecule has 0 spiro atoms. The van der Waals surface area contributed by atoms with Gasteiger partial charge in [-0.15, -0.1) is 0 Å². The first-order valence-electron chi connectivity index (χ1n) is 8.80. The summed E-state index contributed by atoms with van der Waals surface area (Å²) in [7, 11) is 0. The maximum atomic E-state index is 12.1. The quantitative estimate of drug-likeness (QED) is 0.521. The Kier molecular flexibility index (Phi) is 6.00. The summed E-state index contributed by atoms with van der Waals surface area (Å²) in [6.07, 6.45) is 1.65. The summed E-state index contributed by atoms with van der Waals surface area (Å²) in [5, 5.41) is 4.03. The van der Waals surface area contributed by atoms with Crippen LogP contribution in [0.5, 0.6) is 5.75 Å². The van der Waals surface area contributed by atoms with Gasteiger partial charge in [0.15, 0.2) is 6.61 Å². The summed E-state index contributed by atoms with van der Waals surface area (Å²) in [5.74, 6) is 0.358. The SMILES string of the molecule is Cc1ccc(C)c(/C=N\NC(=O)COc2ccccc2-c2ccccc2)c1. The van der Waals surface area contributed by atoms with Crippen LogP contribution in [-0.4, -0.2) is 18.7 Å². The van der Waals surface area contributed by atoms with E-state index in [-0.39, 0.29) is 12.5 Å². The number of hydrogen-bond donors (Lipinski definition) is 1. The molecule has 0 bridgehead atoms. The van der Waals surface area contributed by atoms with E-state index < -0.39 is 0 Å². The molecule has 0 radical (unpaired) electrons. The first-order valence-corrected chi connectivity index (χ1v) is 8.80. The molecule has 1 N–H and O–H groups in total. The van der Waals surface area contributed by atoms with Crippen molar-refractivity contribution in [2.45, 2.75) is 13.8 Å². The van der Waals surface area contributed by atoms with Crippen molar-refractivity contribution in [3.63, 3.8) is 0 Å². The number of rotatable bonds is 6. The second-order valence-electron chi connectivity index (χ2n) is 6.30. The Bertz CT molecular complexity index is 950. The van der Waals surface area contributed by atoms with Gasteiger partial charge in [-0.2, -0.15) is 5.10 Å². The molecule has 0 aliphatic rings. The Hall–Kier alpha value is -3.40. The van der Waals surface area contributed by atoms with Crippen molar-refractivity contribution >= 4 is 12.1 Å². The predicted molar refractivity (Wildman–Crippen MR) is 109 cm³/mol. The molecule has 3 aromatic carbocycles. The van der Waals surface area contributed by atoms with Gasteiger partial charge in [0, 0.05) is 5.56 Å². The minimum atomic E-state index is -0.306. The van der Waals surface area contributed by atoms with E-state index in [9.17, 15) is 4.79 Å². The first-order chi connectivity index (χ1) is 13.1. The fraction of sp³-hybridized carbons (Fsp3) is 0.130. The normalized spacial score (nSPS) is 10.7. The summed E-state index contributed by atoms with van der Waals surface area (Å²) in [6.45, 7) is 3.92. The molecule has 4 nitrogen and oxygen atoms in total. The maximum absolute atomic E-state index is 12.1. The molecule has 3 rings (SSSR count). The summed E-state index contributed by atoms with van der Waals surface area (Å²) in [4.78, 5) is 12.1. The third-order valence-corrected chi connectivity index (χ3v) is 4.16. The molecule has 0 heterocycles. The highest BCUT2D eigenvalue weighted by atomic mass is 16.5. The van der Waals surface area contributed by atoms with Crippen LogP contribution in [0.15, 0.2) is 77.9 Å². The minimum absolute atomic E-state index is 0.103. The van der Waals surface area contributed by atoms with Crippen LogP contribution < -0.4 is 10.2 Å². The van der Waals surface area contributed by atoms with Gasteiger partial charge in [0.2, 0.25) is 0 Å². The van der Waals surface area contributed by atoms with Crippen LogP contribution in [0.4, 0.5) is 0 Å². The number of hydrogen-bond acceptors (Lipinski definition) is 3. The Morgan fingerprint density at radius 1 is 1.00 bits per heavy atom. The number of benzene rings is 3. The average molecular weight is 358 g/mol. The van der Waals surface area contributed by atoms with Crippen LogP contribution in [0.25, 0.3) is 11.1 Å². The molecule has 0 saturated carbocycles. The van der Waals surface area contributed by atoms with Gasteiger partial charge >= 0.3 is 0 Å². The maximum Gasteiger partial charge on any atom is 0.277 e. The molecule has 0 aliphatic carbocycles. The van der Waals surface area contributed by atoms with Gasteiger partial charge in [0.05, 0.1) is 6.21 Å². The third kappa shape index (κ3) is 5.05. The van der Waals surface area contributed by atoms with Gasteiger partial charge in [-0.3, -0.25) is 4.79 Å². The van der Waals surface area contributed by atoms with Crippen molar-refractivity contribution in [2.24, 2.45) is 5.10 Å². The fourth-order valence-corrected chi connectivity index (χ4v) is 2.70. The molecule has 3 aromatic rings. The zero-order chi connectivity index (χ0) is 19.1. The number of aryl methyl sites for hydroxylation is 2. The number of amides is 1. The van der Waals surface area contributed by atoms with E-state index in [1.807, 2.05) is 86.6 Å². The number of nitrogens with zero attached hydrogens (tertiary/aromatic N) is 1. The number of ether oxygens (including phenoxy) is 1. The van der Waals surface area contributed by atoms with Gasteiger partial charge in [-0.25, -0.2) is 5.43 Å². The van der Waals surface area contributed by atoms with Crippen LogP contribution in [-0.2, 0) is 4.79 Å². The van der Waals surface area contributed by atoms with Crippen molar-refractivity contribution in [1.82, 2.24) is 5.43 Å². The molecule has 0 unspecified atom stereocenters. The second-order valence-corrected chi connectivity index (χ2v) is 6.30. The molecule has 0 saturated heterocycles. The minimum Gasteiger partial charge on any atom is -0.483 e. The first kappa shape index (κ1) is 18.4. The fourth-order valence-electron chi connectivity index (χ4n) is 2.70. The van der Waals surface area contributed by atoms with E-state index in [0.29, 0.717) is 5.75 Å². The zero-order valence-electron chi connectivity index (χ0n) is 15.5. The van der Waals surface area contributed by atoms with E-state index >= 15 is 0 Å². The van der Waals surface area contributed by atoms with Gasteiger partial charge in [0.1, 0.15) is 5.75 Å². The van der Waals surface area contributed by atoms with Gasteiger partial charge < -0.3 is 4.74 Å². The highest BCUT2D eigenvalue weighted by Crippen LogP contribution is 2.29. The molecular weight excluding hydrogens is 336 g/mol. The molecule has 136 valence electrons. The Labute approximate surface area is 159 Å². The molecule has 0 fully saturated rings. The van der Waals surface area contributed by atoms with Crippen LogP contribution in [0.3, 0.4) is 0 Å². The summed E-state index contributed by atoms with van der Waals surface area (Å²) >= 11 is 0. The van der Waals surface area contributed by atoms with Crippen molar-refractivity contribution in [2.75, 3.05) is 6.61 Å². The van der Waals surface area contributed by atoms with Crippen molar-refractivity contribution < 1.29 is 9.53 Å². The van der Waals surface area contributed by atoms with Crippen molar-refractivity contribution in [3.05, 3.63) is 89.5 Å². The van der Waals surface area contributed by atoms with Gasteiger partial charge in [-0.1, -0.05) is 72.3 Å². The highest BCUT2D eigenvalue weighted by molar-refractivity contribution is 5.84. The number of carbonyl (C=O) groups is 1. The van der Waals surface area contributed by atoms with Gasteiger partial charge in [-0.05, 0) is 36.6 Å². The van der Waals surface area contributed by atoms with Crippen LogP contribution in [0.1, 0.15) is 16.7 Å². The lowest BCUT2D eigenvalue weighted by atomic mass is 10.1. The van der Waals surface area contributed by atoms with Crippen molar-refractivity contribution in [3.8, 4) is 16.9 Å². The highest BCUT2D eigenvalue weighted by Gasteiger charge is 2.07. The lowest BCUT2D eigenvalue weighted by molar-refractivity contribution is -0.123. The number of nitrogens with one attached hydrogen (secondary N) is 1. The molecule has 4 heteroatoms. The summed E-state index contributed by atoms with van der Waals surface area (Å²) in [5.41, 5.74) is 7.73. The molecule has 1 amide bonds. The monoisotopic (exact) mass is 358 g/mol. The van der Waals surface area contributed by atoms with Gasteiger partial charge in [0.25, 0.3) is 5.91 Å². The molecule has 0 atom stereocenters. The largest absolute Gasteiger partial charge is 0.483 e. The number of carbonyl (C=O) groups excluding carboxylic acids is 1. The summed E-state index contributed by atoms with van der Waals surface area (Å²) < 4.78 is 5.71. The Morgan fingerprint density at radius 2 is 1.74 bits per heavy atom. The average Bonchev–Trinajstić information content (AvgIpc) is 2.70. The molecule has 0 aliphatic heterocycles. The van der Waals surface area contributed by atoms with E-state index in [4.69, 9.17) is 4.74 Å². The van der Waals surface area contributed by atoms with E-state index in [2.05, 4.69) is 10.5 Å². The topological polar surface area (TPSA) is 50.7 Å². The van der Waals surface area contributed by atoms with Crippen LogP contribution in [0.2, 0.25) is 0 Å². The zero-order valence-corrected chi connectivity index (χ0v) is 15.5. The van der Waals surface area contributed by atoms with Crippen LogP contribution in [0, 0.1) is 13.8 Å². The van der Waals surface area contributed by atoms with E-state index in [0.717, 1.165) is 27.8 Å². The second kappa shape index (κ2) is 8.81. The number of hydrazone groups is 1. The Balaban J connectivity index is 1.60. The van der Waals surface area contributed by atoms with Crippen molar-refractivity contribution in [1.29, 1.82) is 0 Å². The van der Waals surface area contributed by atoms with Crippen LogP contribution >= 0.6 is 0 Å². The number of para-hydroxylation sites is 1. The predicted octanol–water partition coefficient (Wildman–Crippen LogP) is 4.50. The lowest BCUT2D eigenvalue weighted by Gasteiger charge is -2.11. The Morgan fingerprint density at radius 3 is 2.56 bits per heavy atom. The van der Waals surface area contributed by atoms with E-state index in [1.165, 1.54) is 0 Å². The standard InChI is InChI=1S/C23H22N2O2/c1-17-12-13-18(2)20(14-17)15-24-25-23(26)16-27-22-11-7-6-10-21(22)19-8-4-3-5-9-19/h3-15H,16H2,1-2H3,(H,25,26)/b24-15-. The molecule has 27 heavy (non-hydrogen) atoms. The third-order valence-electron chi connectivity index (χ3n) is 4.16. The molecular formula is C23H22N2O2. The summed E-state index contributed by atoms with van der Waals surface area (Å²) in [6, 6.07) is 23.7. The van der Waals surface area contributed by atoms with E-state index in [1.54, 1.807) is 6.21 Å². The smallest absolute Gasteiger partial charge is 0.277 e. The molecule has 0 aromatic heterocycles. The lowest BCUT2D eigenvalue weighted by Crippen LogP contribution is -2.24.